The molecule has 0 spiro atoms. The number of carboxylic acid groups (broad SMARTS) is 1. The number of carboxylic acids is 1. The molecule has 0 saturated carbocycles. The van der Waals surface area contributed by atoms with Crippen molar-refractivity contribution in [1.82, 2.24) is 5.32 Å². The Labute approximate surface area is 117 Å². The number of hydrogen-bond donors (Lipinski definition) is 2. The molecule has 0 radical (unpaired) electrons. The number of carbonyl (C=O) groups is 2. The van der Waals surface area contributed by atoms with Crippen LogP contribution in [0.4, 0.5) is 4.39 Å². The zero-order chi connectivity index (χ0) is 14.8. The summed E-state index contributed by atoms with van der Waals surface area (Å²) >= 11 is 0. The van der Waals surface area contributed by atoms with E-state index in [0.717, 1.165) is 12.8 Å². The normalized spacial score (nSPS) is 10.7. The van der Waals surface area contributed by atoms with Gasteiger partial charge < -0.3 is 10.4 Å². The van der Waals surface area contributed by atoms with E-state index in [2.05, 4.69) is 5.32 Å². The van der Waals surface area contributed by atoms with E-state index >= 15 is 0 Å². The van der Waals surface area contributed by atoms with Gasteiger partial charge in [0.1, 0.15) is 5.82 Å². The fourth-order valence-corrected chi connectivity index (χ4v) is 1.62. The average Bonchev–Trinajstić information content (AvgIpc) is 2.41. The first kappa shape index (κ1) is 15.9. The van der Waals surface area contributed by atoms with E-state index < -0.39 is 5.97 Å². The minimum atomic E-state index is -0.804. The van der Waals surface area contributed by atoms with Gasteiger partial charge in [0.05, 0.1) is 0 Å². The maximum absolute atomic E-state index is 13.3. The topological polar surface area (TPSA) is 66.4 Å². The highest BCUT2D eigenvalue weighted by Gasteiger charge is 1.99. The fourth-order valence-electron chi connectivity index (χ4n) is 1.62. The molecule has 0 fully saturated rings. The van der Waals surface area contributed by atoms with E-state index in [1.54, 1.807) is 18.2 Å². The van der Waals surface area contributed by atoms with Gasteiger partial charge in [-0.05, 0) is 25.0 Å². The minimum Gasteiger partial charge on any atom is -0.481 e. The van der Waals surface area contributed by atoms with E-state index in [9.17, 15) is 14.0 Å². The summed E-state index contributed by atoms with van der Waals surface area (Å²) in [4.78, 5) is 21.7. The summed E-state index contributed by atoms with van der Waals surface area (Å²) in [5.41, 5.74) is 0.365. The molecule has 0 heterocycles. The first-order chi connectivity index (χ1) is 9.59. The fraction of sp³-hybridized carbons (Fsp3) is 0.333. The predicted molar refractivity (Wildman–Crippen MR) is 74.5 cm³/mol. The number of benzene rings is 1. The van der Waals surface area contributed by atoms with E-state index in [1.807, 2.05) is 0 Å². The second kappa shape index (κ2) is 8.85. The molecule has 0 atom stereocenters. The average molecular weight is 279 g/mol. The number of aliphatic carboxylic acids is 1. The van der Waals surface area contributed by atoms with Crippen molar-refractivity contribution in [2.75, 3.05) is 6.54 Å². The van der Waals surface area contributed by atoms with Gasteiger partial charge in [-0.3, -0.25) is 9.59 Å². The third kappa shape index (κ3) is 6.68. The minimum absolute atomic E-state index is 0.154. The van der Waals surface area contributed by atoms with Crippen LogP contribution >= 0.6 is 0 Å². The van der Waals surface area contributed by atoms with Gasteiger partial charge in [0.15, 0.2) is 0 Å². The molecule has 20 heavy (non-hydrogen) atoms. The van der Waals surface area contributed by atoms with Gasteiger partial charge >= 0.3 is 5.97 Å². The van der Waals surface area contributed by atoms with E-state index in [1.165, 1.54) is 18.2 Å². The SMILES string of the molecule is O=C(O)CCCCCNC(=O)/C=C/c1ccccc1F. The van der Waals surface area contributed by atoms with E-state index in [-0.39, 0.29) is 18.1 Å². The molecule has 2 N–H and O–H groups in total. The Morgan fingerprint density at radius 2 is 1.95 bits per heavy atom. The van der Waals surface area contributed by atoms with Gasteiger partial charge in [-0.2, -0.15) is 0 Å². The van der Waals surface area contributed by atoms with Crippen molar-refractivity contribution in [2.24, 2.45) is 0 Å². The summed E-state index contributed by atoms with van der Waals surface area (Å²) in [6.45, 7) is 0.486. The van der Waals surface area contributed by atoms with Crippen molar-refractivity contribution < 1.29 is 19.1 Å². The molecule has 0 aliphatic rings. The number of amides is 1. The van der Waals surface area contributed by atoms with Crippen molar-refractivity contribution in [2.45, 2.75) is 25.7 Å². The van der Waals surface area contributed by atoms with Crippen LogP contribution in [-0.2, 0) is 9.59 Å². The Bertz CT molecular complexity index is 486. The molecule has 1 aromatic rings. The molecule has 0 aromatic heterocycles. The third-order valence-electron chi connectivity index (χ3n) is 2.69. The molecule has 0 aliphatic heterocycles. The molecule has 1 aromatic carbocycles. The van der Waals surface area contributed by atoms with Crippen LogP contribution in [0, 0.1) is 5.82 Å². The standard InChI is InChI=1S/C15H18FNO3/c16-13-7-4-3-6-12(13)9-10-14(18)17-11-5-1-2-8-15(19)20/h3-4,6-7,9-10H,1-2,5,8,11H2,(H,17,18)(H,19,20)/b10-9+. The number of rotatable bonds is 8. The number of halogens is 1. The molecule has 1 amide bonds. The smallest absolute Gasteiger partial charge is 0.303 e. The summed E-state index contributed by atoms with van der Waals surface area (Å²) in [6.07, 6.45) is 4.96. The highest BCUT2D eigenvalue weighted by molar-refractivity contribution is 5.91. The highest BCUT2D eigenvalue weighted by atomic mass is 19.1. The molecular weight excluding hydrogens is 261 g/mol. The number of carbonyl (C=O) groups excluding carboxylic acids is 1. The number of hydrogen-bond acceptors (Lipinski definition) is 2. The lowest BCUT2D eigenvalue weighted by Crippen LogP contribution is -2.22. The lowest BCUT2D eigenvalue weighted by molar-refractivity contribution is -0.137. The predicted octanol–water partition coefficient (Wildman–Crippen LogP) is 2.60. The molecule has 4 nitrogen and oxygen atoms in total. The Morgan fingerprint density at radius 3 is 2.65 bits per heavy atom. The third-order valence-corrected chi connectivity index (χ3v) is 2.69. The maximum atomic E-state index is 13.3. The second-order valence-corrected chi connectivity index (χ2v) is 4.35. The van der Waals surface area contributed by atoms with Crippen LogP contribution in [0.3, 0.4) is 0 Å². The quantitative estimate of drug-likeness (QED) is 0.568. The zero-order valence-corrected chi connectivity index (χ0v) is 11.1. The van der Waals surface area contributed by atoms with Crippen molar-refractivity contribution in [3.8, 4) is 0 Å². The lowest BCUT2D eigenvalue weighted by atomic mass is 10.2. The van der Waals surface area contributed by atoms with Gasteiger partial charge in [-0.25, -0.2) is 4.39 Å². The van der Waals surface area contributed by atoms with Crippen LogP contribution in [0.1, 0.15) is 31.2 Å². The second-order valence-electron chi connectivity index (χ2n) is 4.35. The summed E-state index contributed by atoms with van der Waals surface area (Å²) in [5.74, 6) is -1.46. The molecule has 0 unspecified atom stereocenters. The summed E-state index contributed by atoms with van der Waals surface area (Å²) in [7, 11) is 0. The van der Waals surface area contributed by atoms with Crippen molar-refractivity contribution >= 4 is 18.0 Å². The first-order valence-electron chi connectivity index (χ1n) is 6.52. The Morgan fingerprint density at radius 1 is 1.20 bits per heavy atom. The molecular formula is C15H18FNO3. The van der Waals surface area contributed by atoms with E-state index in [4.69, 9.17) is 5.11 Å². The Kier molecular flexibility index (Phi) is 7.03. The summed E-state index contributed by atoms with van der Waals surface area (Å²) in [5, 5.41) is 11.1. The van der Waals surface area contributed by atoms with Crippen molar-refractivity contribution in [1.29, 1.82) is 0 Å². The molecule has 0 aliphatic carbocycles. The van der Waals surface area contributed by atoms with E-state index in [0.29, 0.717) is 18.5 Å². The van der Waals surface area contributed by atoms with Crippen LogP contribution in [0.5, 0.6) is 0 Å². The van der Waals surface area contributed by atoms with Crippen LogP contribution in [0.25, 0.3) is 6.08 Å². The van der Waals surface area contributed by atoms with Crippen molar-refractivity contribution in [3.05, 3.63) is 41.7 Å². The summed E-state index contributed by atoms with van der Waals surface area (Å²) < 4.78 is 13.3. The Balaban J connectivity index is 2.20. The largest absolute Gasteiger partial charge is 0.481 e. The zero-order valence-electron chi connectivity index (χ0n) is 11.1. The summed E-state index contributed by atoms with van der Waals surface area (Å²) in [6, 6.07) is 6.21. The molecule has 0 bridgehead atoms. The molecule has 108 valence electrons. The van der Waals surface area contributed by atoms with Crippen LogP contribution in [-0.4, -0.2) is 23.5 Å². The first-order valence-corrected chi connectivity index (χ1v) is 6.52. The molecule has 1 rings (SSSR count). The lowest BCUT2D eigenvalue weighted by Gasteiger charge is -2.01. The molecule has 5 heteroatoms. The van der Waals surface area contributed by atoms with Crippen LogP contribution in [0.15, 0.2) is 30.3 Å². The monoisotopic (exact) mass is 279 g/mol. The van der Waals surface area contributed by atoms with Gasteiger partial charge in [0.2, 0.25) is 5.91 Å². The van der Waals surface area contributed by atoms with Gasteiger partial charge in [0.25, 0.3) is 0 Å². The van der Waals surface area contributed by atoms with Crippen LogP contribution < -0.4 is 5.32 Å². The van der Waals surface area contributed by atoms with Crippen LogP contribution in [0.2, 0.25) is 0 Å². The number of nitrogens with one attached hydrogen (secondary N) is 1. The highest BCUT2D eigenvalue weighted by Crippen LogP contribution is 2.07. The maximum Gasteiger partial charge on any atom is 0.303 e. The number of unbranched alkanes of at least 4 members (excludes halogenated alkanes) is 2. The van der Waals surface area contributed by atoms with Gasteiger partial charge in [-0.1, -0.05) is 24.6 Å². The Hall–Kier alpha value is -2.17. The van der Waals surface area contributed by atoms with Crippen molar-refractivity contribution in [3.63, 3.8) is 0 Å². The van der Waals surface area contributed by atoms with Gasteiger partial charge in [-0.15, -0.1) is 0 Å². The molecule has 0 saturated heterocycles. The van der Waals surface area contributed by atoms with Gasteiger partial charge in [0, 0.05) is 24.6 Å².